The van der Waals surface area contributed by atoms with Gasteiger partial charge in [0.05, 0.1) is 11.0 Å². The third-order valence-electron chi connectivity index (χ3n) is 13.4. The van der Waals surface area contributed by atoms with E-state index >= 15 is 0 Å². The molecule has 0 aliphatic heterocycles. The molecule has 0 aliphatic rings. The zero-order valence-electron chi connectivity index (χ0n) is 41.0. The number of hydrogen-bond donors (Lipinski definition) is 0. The quantitative estimate of drug-likeness (QED) is 0.115. The Balaban J connectivity index is 1.04. The normalized spacial score (nSPS) is 12.2. The van der Waals surface area contributed by atoms with Crippen LogP contribution in [-0.2, 0) is 0 Å². The number of fused-ring (bicyclic) bond motifs is 3. The van der Waals surface area contributed by atoms with Crippen LogP contribution < -0.4 is 9.64 Å². The fourth-order valence-electron chi connectivity index (χ4n) is 10.0. The molecule has 1 unspecified atom stereocenters. The van der Waals surface area contributed by atoms with Gasteiger partial charge in [0.15, 0.2) is 0 Å². The summed E-state index contributed by atoms with van der Waals surface area (Å²) in [5.74, 6) is 2.66. The van der Waals surface area contributed by atoms with Crippen LogP contribution in [0.3, 0.4) is 0 Å². The molecule has 0 fully saturated rings. The van der Waals surface area contributed by atoms with Gasteiger partial charge in [-0.3, -0.25) is 0 Å². The Kier molecular flexibility index (Phi) is 12.6. The molecule has 10 aromatic rings. The van der Waals surface area contributed by atoms with Gasteiger partial charge in [-0.05, 0) is 180 Å². The van der Waals surface area contributed by atoms with E-state index in [1.807, 2.05) is 0 Å². The van der Waals surface area contributed by atoms with Crippen LogP contribution in [0.15, 0.2) is 218 Å². The Hall–Kier alpha value is -7.62. The first kappa shape index (κ1) is 45.2. The van der Waals surface area contributed by atoms with Crippen molar-refractivity contribution in [1.82, 2.24) is 4.57 Å². The average Bonchev–Trinajstić information content (AvgIpc) is 3.69. The molecule has 1 atom stereocenters. The molecule has 0 bridgehead atoms. The summed E-state index contributed by atoms with van der Waals surface area (Å²) in [7, 11) is 0. The maximum absolute atomic E-state index is 6.24. The monoisotopic (exact) mass is 898 g/mol. The van der Waals surface area contributed by atoms with E-state index in [9.17, 15) is 0 Å². The van der Waals surface area contributed by atoms with Crippen molar-refractivity contribution >= 4 is 38.9 Å². The van der Waals surface area contributed by atoms with Gasteiger partial charge >= 0.3 is 0 Å². The number of aromatic nitrogens is 1. The lowest BCUT2D eigenvalue weighted by Gasteiger charge is -2.26. The van der Waals surface area contributed by atoms with Crippen molar-refractivity contribution in [3.05, 3.63) is 224 Å². The second-order valence-corrected chi connectivity index (χ2v) is 20.3. The van der Waals surface area contributed by atoms with Crippen molar-refractivity contribution in [2.45, 2.75) is 66.4 Å². The highest BCUT2D eigenvalue weighted by Gasteiger charge is 2.20. The fourth-order valence-corrected chi connectivity index (χ4v) is 10.0. The predicted molar refractivity (Wildman–Crippen MR) is 295 cm³/mol. The summed E-state index contributed by atoms with van der Waals surface area (Å²) in [6.45, 7) is 15.6. The molecule has 342 valence electrons. The Morgan fingerprint density at radius 3 is 1.19 bits per heavy atom. The summed E-state index contributed by atoms with van der Waals surface area (Å²) in [6, 6.07) is 79.9. The van der Waals surface area contributed by atoms with Crippen molar-refractivity contribution in [3.8, 4) is 55.9 Å². The van der Waals surface area contributed by atoms with E-state index in [1.54, 1.807) is 0 Å². The molecule has 0 aliphatic carbocycles. The van der Waals surface area contributed by atoms with Crippen molar-refractivity contribution in [1.29, 1.82) is 0 Å². The van der Waals surface area contributed by atoms with Crippen LogP contribution in [0.2, 0.25) is 0 Å². The van der Waals surface area contributed by atoms with Gasteiger partial charge in [-0.2, -0.15) is 0 Å². The van der Waals surface area contributed by atoms with E-state index in [-0.39, 0.29) is 5.60 Å². The number of ether oxygens (including phenoxy) is 1. The van der Waals surface area contributed by atoms with Gasteiger partial charge in [-0.1, -0.05) is 161 Å². The minimum absolute atomic E-state index is 0.276. The number of nitrogens with zero attached hydrogens (tertiary/aromatic N) is 2. The fraction of sp³-hybridized carbons (Fsp3) is 0.182. The highest BCUT2D eigenvalue weighted by Crippen LogP contribution is 2.41. The van der Waals surface area contributed by atoms with Crippen molar-refractivity contribution < 1.29 is 4.74 Å². The van der Waals surface area contributed by atoms with Gasteiger partial charge in [0, 0.05) is 33.5 Å². The predicted octanol–water partition coefficient (Wildman–Crippen LogP) is 18.9. The highest BCUT2D eigenvalue weighted by molar-refractivity contribution is 6.11. The summed E-state index contributed by atoms with van der Waals surface area (Å²) in [5.41, 5.74) is 17.5. The molecule has 9 aromatic carbocycles. The Labute approximate surface area is 409 Å². The average molecular weight is 899 g/mol. The third kappa shape index (κ3) is 9.74. The lowest BCUT2D eigenvalue weighted by molar-refractivity contribution is 0.131. The van der Waals surface area contributed by atoms with E-state index in [0.29, 0.717) is 17.8 Å². The first-order valence-electron chi connectivity index (χ1n) is 24.7. The molecule has 10 rings (SSSR count). The van der Waals surface area contributed by atoms with Crippen LogP contribution in [0.25, 0.3) is 72.0 Å². The summed E-state index contributed by atoms with van der Waals surface area (Å²) < 4.78 is 8.63. The maximum Gasteiger partial charge on any atom is 0.120 e. The number of anilines is 3. The lowest BCUT2D eigenvalue weighted by atomic mass is 9.82. The molecule has 3 heteroatoms. The van der Waals surface area contributed by atoms with Crippen LogP contribution in [0.1, 0.15) is 66.4 Å². The second-order valence-electron chi connectivity index (χ2n) is 20.3. The zero-order valence-corrected chi connectivity index (χ0v) is 41.0. The Morgan fingerprint density at radius 2 is 0.797 bits per heavy atom. The minimum atomic E-state index is -0.276. The zero-order chi connectivity index (χ0) is 47.6. The first-order valence-corrected chi connectivity index (χ1v) is 24.7. The molecule has 0 saturated carbocycles. The molecular formula is C66H62N2O. The molecule has 0 radical (unpaired) electrons. The van der Waals surface area contributed by atoms with Crippen LogP contribution in [0, 0.1) is 11.8 Å². The topological polar surface area (TPSA) is 17.4 Å². The van der Waals surface area contributed by atoms with E-state index in [0.717, 1.165) is 34.1 Å². The Bertz CT molecular complexity index is 3220. The van der Waals surface area contributed by atoms with Crippen molar-refractivity contribution in [2.24, 2.45) is 11.8 Å². The van der Waals surface area contributed by atoms with Gasteiger partial charge < -0.3 is 14.2 Å². The number of benzene rings is 9. The smallest absolute Gasteiger partial charge is 0.120 e. The van der Waals surface area contributed by atoms with Crippen LogP contribution in [0.4, 0.5) is 17.1 Å². The summed E-state index contributed by atoms with van der Waals surface area (Å²) in [6.07, 6.45) is 1.20. The summed E-state index contributed by atoms with van der Waals surface area (Å²) in [5, 5.41) is 2.44. The second kappa shape index (κ2) is 19.2. The SMILES string of the molecule is CC(C)CC(c1ccc(-c2ccc3c(c2)c2cc(-c4ccc(N(c5ccc(-c6ccccc6)cc5)c5ccc(-c6ccccc6)cc5)cc4)ccc2n3-c2ccc(OC(C)(C)C)cc2)cc1)C(C)C. The molecule has 3 nitrogen and oxygen atoms in total. The van der Waals surface area contributed by atoms with E-state index in [2.05, 4.69) is 276 Å². The van der Waals surface area contributed by atoms with E-state index in [1.165, 1.54) is 72.7 Å². The lowest BCUT2D eigenvalue weighted by Crippen LogP contribution is -2.22. The van der Waals surface area contributed by atoms with Gasteiger partial charge in [0.2, 0.25) is 0 Å². The van der Waals surface area contributed by atoms with Crippen molar-refractivity contribution in [2.75, 3.05) is 4.90 Å². The number of hydrogen-bond acceptors (Lipinski definition) is 2. The first-order chi connectivity index (χ1) is 33.5. The van der Waals surface area contributed by atoms with Crippen molar-refractivity contribution in [3.63, 3.8) is 0 Å². The van der Waals surface area contributed by atoms with Gasteiger partial charge in [-0.15, -0.1) is 0 Å². The largest absolute Gasteiger partial charge is 0.488 e. The Morgan fingerprint density at radius 1 is 0.420 bits per heavy atom. The standard InChI is InChI=1S/C66H62N2O/c1-45(2)42-61(46(3)4)53-20-18-51(19-21-53)54-28-40-64-62(43-54)63-44-55(29-41-65(63)68(64)59-36-38-60(39-37-59)69-66(5,6)7)52-26-34-58(35-27-52)67(56-30-22-49(23-31-56)47-14-10-8-11-15-47)57-32-24-50(25-33-57)48-16-12-9-13-17-48/h8-41,43-46,61H,42H2,1-7H3. The van der Waals surface area contributed by atoms with E-state index in [4.69, 9.17) is 4.74 Å². The highest BCUT2D eigenvalue weighted by atomic mass is 16.5. The van der Waals surface area contributed by atoms with Gasteiger partial charge in [-0.25, -0.2) is 0 Å². The van der Waals surface area contributed by atoms with Crippen LogP contribution in [-0.4, -0.2) is 10.2 Å². The van der Waals surface area contributed by atoms with Crippen LogP contribution >= 0.6 is 0 Å². The number of rotatable bonds is 13. The molecule has 0 spiro atoms. The molecule has 1 aromatic heterocycles. The third-order valence-corrected chi connectivity index (χ3v) is 13.4. The van der Waals surface area contributed by atoms with Gasteiger partial charge in [0.1, 0.15) is 11.4 Å². The minimum Gasteiger partial charge on any atom is -0.488 e. The van der Waals surface area contributed by atoms with E-state index < -0.39 is 0 Å². The molecule has 1 heterocycles. The molecule has 0 amide bonds. The molecular weight excluding hydrogens is 837 g/mol. The maximum atomic E-state index is 6.24. The molecule has 69 heavy (non-hydrogen) atoms. The van der Waals surface area contributed by atoms with Gasteiger partial charge in [0.25, 0.3) is 0 Å². The summed E-state index contributed by atoms with van der Waals surface area (Å²) in [4.78, 5) is 2.35. The summed E-state index contributed by atoms with van der Waals surface area (Å²) >= 11 is 0. The molecule has 0 saturated heterocycles. The molecule has 0 N–H and O–H groups in total. The van der Waals surface area contributed by atoms with Crippen LogP contribution in [0.5, 0.6) is 5.75 Å².